The van der Waals surface area contributed by atoms with Gasteiger partial charge >= 0.3 is 0 Å². The molecule has 2 heteroatoms. The summed E-state index contributed by atoms with van der Waals surface area (Å²) in [5, 5.41) is 5.70. The summed E-state index contributed by atoms with van der Waals surface area (Å²) in [6, 6.07) is 2.32. The van der Waals surface area contributed by atoms with Crippen LogP contribution >= 0.6 is 11.3 Å². The molecule has 0 aliphatic carbocycles. The van der Waals surface area contributed by atoms with Crippen LogP contribution in [0.5, 0.6) is 0 Å². The third kappa shape index (κ3) is 2.18. The van der Waals surface area contributed by atoms with Gasteiger partial charge in [-0.3, -0.25) is 0 Å². The van der Waals surface area contributed by atoms with Crippen molar-refractivity contribution in [2.24, 2.45) is 5.92 Å². The minimum atomic E-state index is 0.776. The lowest BCUT2D eigenvalue weighted by atomic mass is 9.97. The first-order valence-corrected chi connectivity index (χ1v) is 6.42. The van der Waals surface area contributed by atoms with Gasteiger partial charge in [0.2, 0.25) is 0 Å². The predicted octanol–water partition coefficient (Wildman–Crippen LogP) is 3.02. The first-order chi connectivity index (χ1) is 6.77. The van der Waals surface area contributed by atoms with Crippen molar-refractivity contribution in [2.45, 2.75) is 32.6 Å². The lowest BCUT2D eigenvalue weighted by molar-refractivity contribution is 0.638. The fourth-order valence-electron chi connectivity index (χ4n) is 2.19. The van der Waals surface area contributed by atoms with Crippen molar-refractivity contribution in [3.8, 4) is 0 Å². The van der Waals surface area contributed by atoms with E-state index in [0.717, 1.165) is 11.8 Å². The molecule has 1 fully saturated rings. The van der Waals surface area contributed by atoms with Crippen LogP contribution in [0.15, 0.2) is 11.4 Å². The zero-order valence-electron chi connectivity index (χ0n) is 9.05. The fourth-order valence-corrected chi connectivity index (χ4v) is 3.27. The molecule has 0 amide bonds. The van der Waals surface area contributed by atoms with Crippen molar-refractivity contribution in [3.63, 3.8) is 0 Å². The topological polar surface area (TPSA) is 12.0 Å². The van der Waals surface area contributed by atoms with Gasteiger partial charge in [0.25, 0.3) is 0 Å². The molecular formula is C12H19NS. The van der Waals surface area contributed by atoms with Crippen molar-refractivity contribution in [1.82, 2.24) is 5.32 Å². The number of thiophene rings is 1. The summed E-state index contributed by atoms with van der Waals surface area (Å²) in [4.78, 5) is 1.64. The number of nitrogens with one attached hydrogen (secondary N) is 1. The molecule has 78 valence electrons. The predicted molar refractivity (Wildman–Crippen MR) is 63.1 cm³/mol. The van der Waals surface area contributed by atoms with Crippen LogP contribution in [-0.2, 0) is 6.42 Å². The first kappa shape index (κ1) is 10.2. The summed E-state index contributed by atoms with van der Waals surface area (Å²) < 4.78 is 0. The largest absolute Gasteiger partial charge is 0.316 e. The summed E-state index contributed by atoms with van der Waals surface area (Å²) >= 11 is 1.95. The molecule has 1 aliphatic rings. The van der Waals surface area contributed by atoms with Crippen LogP contribution in [0.3, 0.4) is 0 Å². The van der Waals surface area contributed by atoms with E-state index >= 15 is 0 Å². The quantitative estimate of drug-likeness (QED) is 0.807. The lowest BCUT2D eigenvalue weighted by Crippen LogP contribution is -2.08. The maximum atomic E-state index is 3.45. The molecule has 0 saturated carbocycles. The van der Waals surface area contributed by atoms with Gasteiger partial charge in [0.05, 0.1) is 0 Å². The monoisotopic (exact) mass is 209 g/mol. The second-order valence-electron chi connectivity index (χ2n) is 4.60. The molecule has 0 bridgehead atoms. The average Bonchev–Trinajstić information content (AvgIpc) is 2.70. The lowest BCUT2D eigenvalue weighted by Gasteiger charge is -2.11. The van der Waals surface area contributed by atoms with E-state index in [0.29, 0.717) is 0 Å². The van der Waals surface area contributed by atoms with Gasteiger partial charge in [-0.05, 0) is 42.3 Å². The van der Waals surface area contributed by atoms with Crippen LogP contribution in [0.25, 0.3) is 0 Å². The molecule has 1 saturated heterocycles. The minimum absolute atomic E-state index is 0.776. The highest BCUT2D eigenvalue weighted by molar-refractivity contribution is 7.10. The zero-order chi connectivity index (χ0) is 9.97. The Labute approximate surface area is 90.5 Å². The molecule has 0 aromatic carbocycles. The van der Waals surface area contributed by atoms with Crippen LogP contribution in [0.4, 0.5) is 0 Å². The van der Waals surface area contributed by atoms with Gasteiger partial charge in [0, 0.05) is 17.3 Å². The van der Waals surface area contributed by atoms with Crippen LogP contribution in [0, 0.1) is 5.92 Å². The van der Waals surface area contributed by atoms with E-state index in [1.807, 2.05) is 11.3 Å². The van der Waals surface area contributed by atoms with Crippen molar-refractivity contribution in [1.29, 1.82) is 0 Å². The smallest absolute Gasteiger partial charge is 0.0121 e. The third-order valence-electron chi connectivity index (χ3n) is 2.84. The zero-order valence-corrected chi connectivity index (χ0v) is 9.86. The Bertz CT molecular complexity index is 284. The summed E-state index contributed by atoms with van der Waals surface area (Å²) in [6.07, 6.45) is 2.57. The van der Waals surface area contributed by atoms with E-state index in [1.54, 1.807) is 10.4 Å². The van der Waals surface area contributed by atoms with Crippen LogP contribution in [-0.4, -0.2) is 13.1 Å². The Morgan fingerprint density at radius 1 is 1.57 bits per heavy atom. The normalized spacial score (nSPS) is 22.1. The van der Waals surface area contributed by atoms with E-state index < -0.39 is 0 Å². The molecule has 1 nitrogen and oxygen atoms in total. The van der Waals surface area contributed by atoms with Crippen LogP contribution in [0.1, 0.15) is 36.6 Å². The van der Waals surface area contributed by atoms with Crippen molar-refractivity contribution >= 4 is 11.3 Å². The van der Waals surface area contributed by atoms with E-state index in [2.05, 4.69) is 30.6 Å². The SMILES string of the molecule is CC(C)Cc1ccsc1C1CCNC1. The van der Waals surface area contributed by atoms with Gasteiger partial charge in [-0.2, -0.15) is 0 Å². The van der Waals surface area contributed by atoms with Gasteiger partial charge in [-0.25, -0.2) is 0 Å². The summed E-state index contributed by atoms with van der Waals surface area (Å²) in [7, 11) is 0. The molecule has 1 aliphatic heterocycles. The van der Waals surface area contributed by atoms with Crippen molar-refractivity contribution in [3.05, 3.63) is 21.9 Å². The molecule has 0 spiro atoms. The standard InChI is InChI=1S/C12H19NS/c1-9(2)7-10-4-6-14-12(10)11-3-5-13-8-11/h4,6,9,11,13H,3,5,7-8H2,1-2H3. The molecule has 2 heterocycles. The first-order valence-electron chi connectivity index (χ1n) is 5.54. The second kappa shape index (κ2) is 4.45. The van der Waals surface area contributed by atoms with E-state index in [1.165, 1.54) is 25.9 Å². The Morgan fingerprint density at radius 2 is 2.43 bits per heavy atom. The van der Waals surface area contributed by atoms with Crippen LogP contribution < -0.4 is 5.32 Å². The Morgan fingerprint density at radius 3 is 3.07 bits per heavy atom. The highest BCUT2D eigenvalue weighted by atomic mass is 32.1. The Kier molecular flexibility index (Phi) is 3.24. The number of hydrogen-bond donors (Lipinski definition) is 1. The van der Waals surface area contributed by atoms with Gasteiger partial charge in [-0.1, -0.05) is 13.8 Å². The van der Waals surface area contributed by atoms with Gasteiger partial charge < -0.3 is 5.32 Å². The number of rotatable bonds is 3. The Balaban J connectivity index is 2.12. The second-order valence-corrected chi connectivity index (χ2v) is 5.55. The van der Waals surface area contributed by atoms with E-state index in [-0.39, 0.29) is 0 Å². The highest BCUT2D eigenvalue weighted by Crippen LogP contribution is 2.31. The van der Waals surface area contributed by atoms with Crippen molar-refractivity contribution in [2.75, 3.05) is 13.1 Å². The minimum Gasteiger partial charge on any atom is -0.316 e. The van der Waals surface area contributed by atoms with Crippen molar-refractivity contribution < 1.29 is 0 Å². The maximum Gasteiger partial charge on any atom is 0.0121 e. The van der Waals surface area contributed by atoms with Gasteiger partial charge in [-0.15, -0.1) is 11.3 Å². The molecule has 1 unspecified atom stereocenters. The van der Waals surface area contributed by atoms with Gasteiger partial charge in [0.15, 0.2) is 0 Å². The maximum absolute atomic E-state index is 3.45. The van der Waals surface area contributed by atoms with E-state index in [9.17, 15) is 0 Å². The Hall–Kier alpha value is -0.340. The summed E-state index contributed by atoms with van der Waals surface area (Å²) in [5.74, 6) is 1.57. The molecule has 1 aromatic heterocycles. The molecular weight excluding hydrogens is 190 g/mol. The van der Waals surface area contributed by atoms with Crippen LogP contribution in [0.2, 0.25) is 0 Å². The molecule has 1 N–H and O–H groups in total. The highest BCUT2D eigenvalue weighted by Gasteiger charge is 2.20. The molecule has 1 atom stereocenters. The number of hydrogen-bond acceptors (Lipinski definition) is 2. The van der Waals surface area contributed by atoms with E-state index in [4.69, 9.17) is 0 Å². The summed E-state index contributed by atoms with van der Waals surface area (Å²) in [6.45, 7) is 6.98. The average molecular weight is 209 g/mol. The molecule has 2 rings (SSSR count). The molecule has 14 heavy (non-hydrogen) atoms. The van der Waals surface area contributed by atoms with Gasteiger partial charge in [0.1, 0.15) is 0 Å². The third-order valence-corrected chi connectivity index (χ3v) is 3.96. The summed E-state index contributed by atoms with van der Waals surface area (Å²) in [5.41, 5.74) is 1.60. The molecule has 0 radical (unpaired) electrons. The fraction of sp³-hybridized carbons (Fsp3) is 0.667. The molecule has 1 aromatic rings.